The summed E-state index contributed by atoms with van der Waals surface area (Å²) >= 11 is 0. The van der Waals surface area contributed by atoms with Crippen LogP contribution in [0.15, 0.2) is 0 Å². The van der Waals surface area contributed by atoms with Gasteiger partial charge >= 0.3 is 12.0 Å². The molecule has 1 aliphatic heterocycles. The summed E-state index contributed by atoms with van der Waals surface area (Å²) in [4.78, 5) is 24.4. The standard InChI is InChI=1S/C15H28N2O4/c1-14(2)10-17(11-15(3,4)21-14)13(20)16-9-7-5-6-8-12(18)19/h5-11H2,1-4H3,(H,16,20)(H,18,19). The molecule has 6 nitrogen and oxygen atoms in total. The monoisotopic (exact) mass is 300 g/mol. The van der Waals surface area contributed by atoms with Gasteiger partial charge in [-0.1, -0.05) is 6.42 Å². The second kappa shape index (κ2) is 7.11. The Morgan fingerprint density at radius 2 is 1.67 bits per heavy atom. The maximum Gasteiger partial charge on any atom is 0.317 e. The lowest BCUT2D eigenvalue weighted by Gasteiger charge is -2.47. The first kappa shape index (κ1) is 17.8. The summed E-state index contributed by atoms with van der Waals surface area (Å²) < 4.78 is 5.94. The maximum atomic E-state index is 12.2. The molecule has 0 aromatic rings. The van der Waals surface area contributed by atoms with E-state index in [1.165, 1.54) is 0 Å². The molecule has 2 amide bonds. The van der Waals surface area contributed by atoms with Gasteiger partial charge < -0.3 is 20.1 Å². The molecule has 1 rings (SSSR count). The van der Waals surface area contributed by atoms with Gasteiger partial charge in [-0.05, 0) is 40.5 Å². The molecule has 0 atom stereocenters. The van der Waals surface area contributed by atoms with E-state index in [2.05, 4.69) is 5.32 Å². The first-order chi connectivity index (χ1) is 9.61. The first-order valence-electron chi connectivity index (χ1n) is 7.56. The van der Waals surface area contributed by atoms with Crippen LogP contribution in [0.2, 0.25) is 0 Å². The summed E-state index contributed by atoms with van der Waals surface area (Å²) in [5.41, 5.74) is -0.693. The van der Waals surface area contributed by atoms with Crippen LogP contribution in [0.4, 0.5) is 4.79 Å². The Labute approximate surface area is 126 Å². The van der Waals surface area contributed by atoms with E-state index in [9.17, 15) is 9.59 Å². The van der Waals surface area contributed by atoms with Gasteiger partial charge in [0, 0.05) is 13.0 Å². The number of hydrogen-bond acceptors (Lipinski definition) is 3. The van der Waals surface area contributed by atoms with Crippen molar-refractivity contribution >= 4 is 12.0 Å². The molecule has 0 aliphatic carbocycles. The normalized spacial score (nSPS) is 20.1. The molecule has 0 spiro atoms. The van der Waals surface area contributed by atoms with E-state index >= 15 is 0 Å². The highest BCUT2D eigenvalue weighted by atomic mass is 16.5. The Morgan fingerprint density at radius 3 is 2.19 bits per heavy atom. The van der Waals surface area contributed by atoms with Crippen LogP contribution >= 0.6 is 0 Å². The lowest BCUT2D eigenvalue weighted by molar-refractivity contribution is -0.170. The van der Waals surface area contributed by atoms with Crippen molar-refractivity contribution in [2.24, 2.45) is 0 Å². The number of carbonyl (C=O) groups excluding carboxylic acids is 1. The fraction of sp³-hybridized carbons (Fsp3) is 0.867. The minimum atomic E-state index is -0.767. The number of carbonyl (C=O) groups is 2. The number of morpholine rings is 1. The summed E-state index contributed by atoms with van der Waals surface area (Å²) in [6, 6.07) is -0.0716. The zero-order chi connectivity index (χ0) is 16.1. The van der Waals surface area contributed by atoms with Crippen LogP contribution in [-0.4, -0.2) is 52.8 Å². The first-order valence-corrected chi connectivity index (χ1v) is 7.56. The smallest absolute Gasteiger partial charge is 0.317 e. The van der Waals surface area contributed by atoms with Gasteiger partial charge in [-0.25, -0.2) is 4.79 Å². The Kier molecular flexibility index (Phi) is 6.01. The molecular formula is C15H28N2O4. The van der Waals surface area contributed by atoms with Crippen LogP contribution in [0, 0.1) is 0 Å². The number of urea groups is 1. The van der Waals surface area contributed by atoms with Gasteiger partial charge in [0.1, 0.15) is 0 Å². The summed E-state index contributed by atoms with van der Waals surface area (Å²) in [6.45, 7) is 9.67. The number of ether oxygens (including phenoxy) is 1. The van der Waals surface area contributed by atoms with E-state index in [0.717, 1.165) is 12.8 Å². The van der Waals surface area contributed by atoms with Crippen molar-refractivity contribution in [1.82, 2.24) is 10.2 Å². The molecule has 0 aromatic carbocycles. The topological polar surface area (TPSA) is 78.9 Å². The van der Waals surface area contributed by atoms with Gasteiger partial charge in [0.15, 0.2) is 0 Å². The molecule has 122 valence electrons. The Bertz CT molecular complexity index is 364. The highest BCUT2D eigenvalue weighted by molar-refractivity contribution is 5.74. The highest BCUT2D eigenvalue weighted by Crippen LogP contribution is 2.27. The predicted molar refractivity (Wildman–Crippen MR) is 80.3 cm³/mol. The predicted octanol–water partition coefficient (Wildman–Crippen LogP) is 2.23. The zero-order valence-electron chi connectivity index (χ0n) is 13.6. The van der Waals surface area contributed by atoms with Gasteiger partial charge in [-0.2, -0.15) is 0 Å². The van der Waals surface area contributed by atoms with Crippen LogP contribution in [0.3, 0.4) is 0 Å². The van der Waals surface area contributed by atoms with Gasteiger partial charge in [0.25, 0.3) is 0 Å². The minimum absolute atomic E-state index is 0.0716. The molecule has 2 N–H and O–H groups in total. The van der Waals surface area contributed by atoms with Crippen LogP contribution < -0.4 is 5.32 Å². The number of rotatable bonds is 6. The molecule has 21 heavy (non-hydrogen) atoms. The van der Waals surface area contributed by atoms with Crippen LogP contribution in [0.25, 0.3) is 0 Å². The van der Waals surface area contributed by atoms with E-state index < -0.39 is 5.97 Å². The van der Waals surface area contributed by atoms with Crippen molar-refractivity contribution in [3.8, 4) is 0 Å². The van der Waals surface area contributed by atoms with Crippen molar-refractivity contribution in [2.45, 2.75) is 64.6 Å². The third kappa shape index (κ3) is 6.80. The van der Waals surface area contributed by atoms with E-state index in [4.69, 9.17) is 9.84 Å². The molecule has 6 heteroatoms. The number of amides is 2. The summed E-state index contributed by atoms with van der Waals surface area (Å²) in [5.74, 6) is -0.767. The third-order valence-corrected chi connectivity index (χ3v) is 3.33. The van der Waals surface area contributed by atoms with Crippen molar-refractivity contribution in [3.63, 3.8) is 0 Å². The maximum absolute atomic E-state index is 12.2. The molecule has 1 fully saturated rings. The number of aliphatic carboxylic acids is 1. The van der Waals surface area contributed by atoms with Crippen LogP contribution in [0.1, 0.15) is 53.4 Å². The summed E-state index contributed by atoms with van der Waals surface area (Å²) in [7, 11) is 0. The van der Waals surface area contributed by atoms with Crippen LogP contribution in [-0.2, 0) is 9.53 Å². The summed E-state index contributed by atoms with van der Waals surface area (Å²) in [6.07, 6.45) is 2.46. The second-order valence-electron chi connectivity index (χ2n) is 6.91. The van der Waals surface area contributed by atoms with E-state index in [1.54, 1.807) is 4.90 Å². The lowest BCUT2D eigenvalue weighted by Crippen LogP contribution is -2.60. The number of carboxylic acid groups (broad SMARTS) is 1. The minimum Gasteiger partial charge on any atom is -0.481 e. The molecule has 0 aromatic heterocycles. The molecule has 1 heterocycles. The number of unbranched alkanes of at least 4 members (excludes halogenated alkanes) is 2. The van der Waals surface area contributed by atoms with E-state index in [-0.39, 0.29) is 23.7 Å². The Morgan fingerprint density at radius 1 is 1.10 bits per heavy atom. The van der Waals surface area contributed by atoms with Crippen molar-refractivity contribution < 1.29 is 19.4 Å². The average Bonchev–Trinajstić information content (AvgIpc) is 2.28. The van der Waals surface area contributed by atoms with Gasteiger partial charge in [-0.15, -0.1) is 0 Å². The SMILES string of the molecule is CC1(C)CN(C(=O)NCCCCCC(=O)O)CC(C)(C)O1. The number of nitrogens with zero attached hydrogens (tertiary/aromatic N) is 1. The van der Waals surface area contributed by atoms with Crippen molar-refractivity contribution in [1.29, 1.82) is 0 Å². The number of carboxylic acids is 1. The number of hydrogen-bond donors (Lipinski definition) is 2. The van der Waals surface area contributed by atoms with E-state index in [1.807, 2.05) is 27.7 Å². The van der Waals surface area contributed by atoms with Gasteiger partial charge in [-0.3, -0.25) is 4.79 Å². The van der Waals surface area contributed by atoms with E-state index in [0.29, 0.717) is 26.1 Å². The molecule has 0 radical (unpaired) electrons. The number of nitrogens with one attached hydrogen (secondary N) is 1. The average molecular weight is 300 g/mol. The second-order valence-corrected chi connectivity index (χ2v) is 6.91. The third-order valence-electron chi connectivity index (χ3n) is 3.33. The lowest BCUT2D eigenvalue weighted by atomic mass is 9.99. The quantitative estimate of drug-likeness (QED) is 0.737. The molecule has 1 aliphatic rings. The molecule has 0 saturated carbocycles. The Hall–Kier alpha value is -1.30. The van der Waals surface area contributed by atoms with Crippen molar-refractivity contribution in [3.05, 3.63) is 0 Å². The van der Waals surface area contributed by atoms with Gasteiger partial charge in [0.05, 0.1) is 24.3 Å². The molecule has 0 unspecified atom stereocenters. The molecule has 0 bridgehead atoms. The fourth-order valence-electron chi connectivity index (χ4n) is 2.82. The molecular weight excluding hydrogens is 272 g/mol. The molecule has 1 saturated heterocycles. The largest absolute Gasteiger partial charge is 0.481 e. The van der Waals surface area contributed by atoms with Crippen molar-refractivity contribution in [2.75, 3.05) is 19.6 Å². The Balaban J connectivity index is 2.30. The van der Waals surface area contributed by atoms with Crippen LogP contribution in [0.5, 0.6) is 0 Å². The highest BCUT2D eigenvalue weighted by Gasteiger charge is 2.39. The zero-order valence-corrected chi connectivity index (χ0v) is 13.6. The fourth-order valence-corrected chi connectivity index (χ4v) is 2.82. The summed E-state index contributed by atoms with van der Waals surface area (Å²) in [5, 5.41) is 11.4. The van der Waals surface area contributed by atoms with Gasteiger partial charge in [0.2, 0.25) is 0 Å².